The summed E-state index contributed by atoms with van der Waals surface area (Å²) in [5.41, 5.74) is 4.03. The van der Waals surface area contributed by atoms with E-state index in [1.165, 1.54) is 15.8 Å². The molecule has 1 aliphatic rings. The molecule has 7 heteroatoms. The molecule has 160 valence electrons. The van der Waals surface area contributed by atoms with Crippen LogP contribution >= 0.6 is 11.3 Å². The molecule has 0 bridgehead atoms. The maximum Gasteiger partial charge on any atom is 0.229 e. The molecule has 6 rings (SSSR count). The van der Waals surface area contributed by atoms with Crippen LogP contribution in [0.15, 0.2) is 66.9 Å². The third-order valence-corrected chi connectivity index (χ3v) is 7.19. The van der Waals surface area contributed by atoms with E-state index in [2.05, 4.69) is 81.7 Å². The van der Waals surface area contributed by atoms with Crippen molar-refractivity contribution < 1.29 is 0 Å². The Balaban J connectivity index is 1.30. The first-order valence-corrected chi connectivity index (χ1v) is 11.7. The molecule has 32 heavy (non-hydrogen) atoms. The number of piperazine rings is 1. The summed E-state index contributed by atoms with van der Waals surface area (Å²) in [4.78, 5) is 18.8. The van der Waals surface area contributed by atoms with Gasteiger partial charge in [0.05, 0.1) is 10.6 Å². The van der Waals surface area contributed by atoms with Crippen LogP contribution in [0, 0.1) is 0 Å². The summed E-state index contributed by atoms with van der Waals surface area (Å²) in [6.07, 6.45) is 1.92. The number of thiophene rings is 1. The molecule has 0 radical (unpaired) electrons. The smallest absolute Gasteiger partial charge is 0.229 e. The summed E-state index contributed by atoms with van der Waals surface area (Å²) in [5, 5.41) is 5.68. The molecule has 1 aliphatic heterocycles. The van der Waals surface area contributed by atoms with Gasteiger partial charge in [0.2, 0.25) is 5.95 Å². The largest absolute Gasteiger partial charge is 0.369 e. The molecule has 1 saturated heterocycles. The number of likely N-dealkylation sites (N-methyl/N-ethyl adjacent to an activating group) is 1. The number of H-pyrrole nitrogens is 1. The fourth-order valence-corrected chi connectivity index (χ4v) is 5.30. The van der Waals surface area contributed by atoms with Gasteiger partial charge in [0.15, 0.2) is 0 Å². The minimum atomic E-state index is 0.597. The molecule has 6 nitrogen and oxygen atoms in total. The number of fused-ring (bicyclic) bond motifs is 2. The van der Waals surface area contributed by atoms with E-state index in [1.807, 2.05) is 12.3 Å². The quantitative estimate of drug-likeness (QED) is 0.395. The normalized spacial score (nSPS) is 15.0. The molecule has 2 N–H and O–H groups in total. The Labute approximate surface area is 190 Å². The number of nitrogens with one attached hydrogen (secondary N) is 2. The van der Waals surface area contributed by atoms with Crippen LogP contribution in [0.3, 0.4) is 0 Å². The number of benzene rings is 2. The highest BCUT2D eigenvalue weighted by molar-refractivity contribution is 7.22. The van der Waals surface area contributed by atoms with E-state index in [9.17, 15) is 0 Å². The summed E-state index contributed by atoms with van der Waals surface area (Å²) in [7, 11) is 2.18. The van der Waals surface area contributed by atoms with Gasteiger partial charge in [0.25, 0.3) is 0 Å². The second kappa shape index (κ2) is 7.93. The lowest BCUT2D eigenvalue weighted by molar-refractivity contribution is 0.313. The van der Waals surface area contributed by atoms with Gasteiger partial charge in [-0.05, 0) is 54.9 Å². The lowest BCUT2D eigenvalue weighted by Gasteiger charge is -2.34. The summed E-state index contributed by atoms with van der Waals surface area (Å²) in [5.74, 6) is 0.597. The molecule has 3 aromatic heterocycles. The van der Waals surface area contributed by atoms with Crippen molar-refractivity contribution in [3.05, 3.63) is 66.9 Å². The van der Waals surface area contributed by atoms with E-state index in [0.29, 0.717) is 5.95 Å². The zero-order chi connectivity index (χ0) is 21.5. The third-order valence-electron chi connectivity index (χ3n) is 6.07. The van der Waals surface area contributed by atoms with Gasteiger partial charge in [-0.1, -0.05) is 18.2 Å². The molecule has 1 fully saturated rings. The Morgan fingerprint density at radius 2 is 1.75 bits per heavy atom. The molecule has 0 aliphatic carbocycles. The second-order valence-corrected chi connectivity index (χ2v) is 9.33. The van der Waals surface area contributed by atoms with E-state index >= 15 is 0 Å². The lowest BCUT2D eigenvalue weighted by Crippen LogP contribution is -2.44. The third kappa shape index (κ3) is 3.59. The van der Waals surface area contributed by atoms with Gasteiger partial charge in [0, 0.05) is 53.8 Å². The maximum absolute atomic E-state index is 4.91. The minimum absolute atomic E-state index is 0.597. The van der Waals surface area contributed by atoms with E-state index in [4.69, 9.17) is 9.97 Å². The molecule has 0 spiro atoms. The lowest BCUT2D eigenvalue weighted by atomic mass is 10.2. The first-order valence-electron chi connectivity index (χ1n) is 10.9. The predicted molar refractivity (Wildman–Crippen MR) is 134 cm³/mol. The van der Waals surface area contributed by atoms with Gasteiger partial charge in [-0.3, -0.25) is 0 Å². The van der Waals surface area contributed by atoms with Crippen molar-refractivity contribution in [2.75, 3.05) is 43.4 Å². The predicted octanol–water partition coefficient (Wildman–Crippen LogP) is 5.34. The summed E-state index contributed by atoms with van der Waals surface area (Å²) >= 11 is 1.76. The first-order chi connectivity index (χ1) is 15.7. The van der Waals surface area contributed by atoms with Crippen LogP contribution in [0.4, 0.5) is 17.3 Å². The molecule has 0 amide bonds. The topological polar surface area (TPSA) is 60.1 Å². The second-order valence-electron chi connectivity index (χ2n) is 8.25. The fraction of sp³-hybridized carbons (Fsp3) is 0.200. The minimum Gasteiger partial charge on any atom is -0.369 e. The van der Waals surface area contributed by atoms with Gasteiger partial charge in [-0.15, -0.1) is 11.3 Å². The Bertz CT molecular complexity index is 1350. The van der Waals surface area contributed by atoms with Crippen LogP contribution < -0.4 is 10.2 Å². The Hall–Kier alpha value is -3.42. The van der Waals surface area contributed by atoms with Crippen LogP contribution in [0.25, 0.3) is 31.7 Å². The SMILES string of the molecule is CN1CCN(c2ccc(Nc3nc(-c4cc5ccccc5s4)c4cc[nH]c4n3)cc2)CC1. The number of aromatic nitrogens is 3. The monoisotopic (exact) mass is 440 g/mol. The maximum atomic E-state index is 4.91. The number of rotatable bonds is 4. The van der Waals surface area contributed by atoms with E-state index in [-0.39, 0.29) is 0 Å². The number of aromatic amines is 1. The Morgan fingerprint density at radius 1 is 0.938 bits per heavy atom. The first kappa shape index (κ1) is 19.3. The summed E-state index contributed by atoms with van der Waals surface area (Å²) in [6.45, 7) is 4.33. The molecule has 4 heterocycles. The Kier molecular flexibility index (Phi) is 4.78. The molecule has 0 saturated carbocycles. The highest BCUT2D eigenvalue weighted by atomic mass is 32.1. The van der Waals surface area contributed by atoms with Crippen molar-refractivity contribution in [3.8, 4) is 10.6 Å². The molecule has 2 aromatic carbocycles. The standard InChI is InChI=1S/C25H24N6S/c1-30-12-14-31(15-13-30)19-8-6-18(7-9-19)27-25-28-23(20-10-11-26-24(20)29-25)22-16-17-4-2-3-5-21(17)32-22/h2-11,16H,12-15H2,1H3,(H2,26,27,28,29). The van der Waals surface area contributed by atoms with Crippen LogP contribution in [0.2, 0.25) is 0 Å². The zero-order valence-electron chi connectivity index (χ0n) is 17.9. The number of hydrogen-bond acceptors (Lipinski definition) is 6. The van der Waals surface area contributed by atoms with Crippen molar-refractivity contribution in [1.82, 2.24) is 19.9 Å². The number of hydrogen-bond donors (Lipinski definition) is 2. The van der Waals surface area contributed by atoms with Crippen molar-refractivity contribution in [2.24, 2.45) is 0 Å². The van der Waals surface area contributed by atoms with Gasteiger partial charge in [-0.25, -0.2) is 4.98 Å². The highest BCUT2D eigenvalue weighted by Gasteiger charge is 2.15. The molecular formula is C25H24N6S. The van der Waals surface area contributed by atoms with Crippen LogP contribution in [0.1, 0.15) is 0 Å². The summed E-state index contributed by atoms with van der Waals surface area (Å²) in [6, 6.07) is 21.3. The Morgan fingerprint density at radius 3 is 2.56 bits per heavy atom. The van der Waals surface area contributed by atoms with Crippen LogP contribution in [-0.2, 0) is 0 Å². The van der Waals surface area contributed by atoms with Crippen LogP contribution in [-0.4, -0.2) is 53.1 Å². The van der Waals surface area contributed by atoms with Gasteiger partial charge in [-0.2, -0.15) is 4.98 Å². The fourth-order valence-electron chi connectivity index (χ4n) is 4.23. The molecule has 0 unspecified atom stereocenters. The van der Waals surface area contributed by atoms with E-state index in [1.54, 1.807) is 11.3 Å². The zero-order valence-corrected chi connectivity index (χ0v) is 18.7. The number of nitrogens with zero attached hydrogens (tertiary/aromatic N) is 4. The van der Waals surface area contributed by atoms with E-state index in [0.717, 1.165) is 53.5 Å². The van der Waals surface area contributed by atoms with Gasteiger partial charge in [0.1, 0.15) is 5.65 Å². The average molecular weight is 441 g/mol. The van der Waals surface area contributed by atoms with Crippen molar-refractivity contribution in [1.29, 1.82) is 0 Å². The average Bonchev–Trinajstić information content (AvgIpc) is 3.46. The molecule has 0 atom stereocenters. The van der Waals surface area contributed by atoms with E-state index < -0.39 is 0 Å². The van der Waals surface area contributed by atoms with Crippen molar-refractivity contribution in [3.63, 3.8) is 0 Å². The van der Waals surface area contributed by atoms with Gasteiger partial charge >= 0.3 is 0 Å². The van der Waals surface area contributed by atoms with Crippen molar-refractivity contribution >= 4 is 49.8 Å². The van der Waals surface area contributed by atoms with Crippen LogP contribution in [0.5, 0.6) is 0 Å². The van der Waals surface area contributed by atoms with Gasteiger partial charge < -0.3 is 20.1 Å². The van der Waals surface area contributed by atoms with Crippen molar-refractivity contribution in [2.45, 2.75) is 0 Å². The number of anilines is 3. The highest BCUT2D eigenvalue weighted by Crippen LogP contribution is 2.36. The molecule has 5 aromatic rings. The molecular weight excluding hydrogens is 416 g/mol. The summed E-state index contributed by atoms with van der Waals surface area (Å²) < 4.78 is 1.26.